The Morgan fingerprint density at radius 3 is 2.48 bits per heavy atom. The van der Waals surface area contributed by atoms with Crippen molar-refractivity contribution in [3.63, 3.8) is 0 Å². The molecular weight excluding hydrogens is 358 g/mol. The highest BCUT2D eigenvalue weighted by atomic mass is 35.5. The molecule has 0 bridgehead atoms. The van der Waals surface area contributed by atoms with E-state index in [9.17, 15) is 4.79 Å². The van der Waals surface area contributed by atoms with Gasteiger partial charge in [0.05, 0.1) is 6.54 Å². The Hall–Kier alpha value is -2.85. The summed E-state index contributed by atoms with van der Waals surface area (Å²) in [4.78, 5) is 12.1. The lowest BCUT2D eigenvalue weighted by atomic mass is 10.0. The van der Waals surface area contributed by atoms with Crippen LogP contribution in [0, 0.1) is 0 Å². The van der Waals surface area contributed by atoms with Crippen molar-refractivity contribution in [2.24, 2.45) is 0 Å². The van der Waals surface area contributed by atoms with Crippen LogP contribution in [0.15, 0.2) is 66.9 Å². The quantitative estimate of drug-likeness (QED) is 0.586. The number of nitrogens with one attached hydrogen (secondary N) is 1. The van der Waals surface area contributed by atoms with Gasteiger partial charge >= 0.3 is 0 Å². The molecule has 0 saturated carbocycles. The molecule has 0 radical (unpaired) electrons. The SMILES string of the molecule is CC(C)c1ccc(/C=C/C(=O)Nc2ccn(Cc3ccc(Cl)cc3)n2)cc1. The van der Waals surface area contributed by atoms with Crippen LogP contribution < -0.4 is 5.32 Å². The molecule has 0 spiro atoms. The Morgan fingerprint density at radius 2 is 1.81 bits per heavy atom. The predicted molar refractivity (Wildman–Crippen MR) is 111 cm³/mol. The second kappa shape index (κ2) is 8.69. The monoisotopic (exact) mass is 379 g/mol. The summed E-state index contributed by atoms with van der Waals surface area (Å²) in [6.45, 7) is 4.93. The molecule has 1 amide bonds. The summed E-state index contributed by atoms with van der Waals surface area (Å²) < 4.78 is 1.77. The van der Waals surface area contributed by atoms with Gasteiger partial charge in [-0.1, -0.05) is 61.8 Å². The third-order valence-electron chi connectivity index (χ3n) is 4.18. The molecule has 27 heavy (non-hydrogen) atoms. The van der Waals surface area contributed by atoms with Crippen LogP contribution in [-0.4, -0.2) is 15.7 Å². The predicted octanol–water partition coefficient (Wildman–Crippen LogP) is 5.36. The molecule has 0 unspecified atom stereocenters. The number of anilines is 1. The lowest BCUT2D eigenvalue weighted by molar-refractivity contribution is -0.111. The van der Waals surface area contributed by atoms with E-state index in [2.05, 4.69) is 36.4 Å². The van der Waals surface area contributed by atoms with E-state index in [0.717, 1.165) is 11.1 Å². The smallest absolute Gasteiger partial charge is 0.249 e. The summed E-state index contributed by atoms with van der Waals surface area (Å²) in [6.07, 6.45) is 5.14. The van der Waals surface area contributed by atoms with E-state index in [1.165, 1.54) is 11.6 Å². The molecule has 1 N–H and O–H groups in total. The lowest BCUT2D eigenvalue weighted by Gasteiger charge is -2.04. The van der Waals surface area contributed by atoms with Gasteiger partial charge in [-0.3, -0.25) is 9.48 Å². The normalized spacial score (nSPS) is 11.3. The molecule has 3 aromatic rings. The van der Waals surface area contributed by atoms with E-state index < -0.39 is 0 Å². The summed E-state index contributed by atoms with van der Waals surface area (Å²) in [5.41, 5.74) is 3.36. The number of benzene rings is 2. The molecule has 0 aliphatic carbocycles. The molecule has 2 aromatic carbocycles. The second-order valence-corrected chi connectivity index (χ2v) is 7.11. The maximum atomic E-state index is 12.1. The first-order valence-corrected chi connectivity index (χ1v) is 9.24. The van der Waals surface area contributed by atoms with Crippen molar-refractivity contribution >= 4 is 29.4 Å². The summed E-state index contributed by atoms with van der Waals surface area (Å²) >= 11 is 5.90. The highest BCUT2D eigenvalue weighted by molar-refractivity contribution is 6.30. The van der Waals surface area contributed by atoms with E-state index in [0.29, 0.717) is 23.3 Å². The van der Waals surface area contributed by atoms with Crippen molar-refractivity contribution in [2.45, 2.75) is 26.3 Å². The fraction of sp³-hybridized carbons (Fsp3) is 0.182. The number of carbonyl (C=O) groups is 1. The summed E-state index contributed by atoms with van der Waals surface area (Å²) in [7, 11) is 0. The number of rotatable bonds is 6. The zero-order valence-corrected chi connectivity index (χ0v) is 16.1. The Bertz CT molecular complexity index is 925. The zero-order valence-electron chi connectivity index (χ0n) is 15.4. The first kappa shape index (κ1) is 18.9. The van der Waals surface area contributed by atoms with E-state index in [-0.39, 0.29) is 5.91 Å². The standard InChI is InChI=1S/C22H22ClN3O/c1-16(2)19-8-3-17(4-9-19)7-12-22(27)24-21-13-14-26(25-21)15-18-5-10-20(23)11-6-18/h3-14,16H,15H2,1-2H3,(H,24,25,27)/b12-7+. The van der Waals surface area contributed by atoms with E-state index in [1.54, 1.807) is 16.8 Å². The molecule has 0 fully saturated rings. The zero-order chi connectivity index (χ0) is 19.2. The van der Waals surface area contributed by atoms with Crippen LogP contribution in [0.3, 0.4) is 0 Å². The van der Waals surface area contributed by atoms with E-state index >= 15 is 0 Å². The van der Waals surface area contributed by atoms with Crippen molar-refractivity contribution in [1.82, 2.24) is 9.78 Å². The maximum Gasteiger partial charge on any atom is 0.249 e. The van der Waals surface area contributed by atoms with Crippen LogP contribution in [0.1, 0.15) is 36.5 Å². The third-order valence-corrected chi connectivity index (χ3v) is 4.43. The van der Waals surface area contributed by atoms with Crippen molar-refractivity contribution in [2.75, 3.05) is 5.32 Å². The van der Waals surface area contributed by atoms with Gasteiger partial charge in [-0.15, -0.1) is 0 Å². The van der Waals surface area contributed by atoms with Gasteiger partial charge in [0.15, 0.2) is 5.82 Å². The average Bonchev–Trinajstić information content (AvgIpc) is 3.09. The minimum atomic E-state index is -0.209. The van der Waals surface area contributed by atoms with Crippen molar-refractivity contribution in [3.05, 3.63) is 88.6 Å². The lowest BCUT2D eigenvalue weighted by Crippen LogP contribution is -2.09. The van der Waals surface area contributed by atoms with Crippen LogP contribution in [0.4, 0.5) is 5.82 Å². The fourth-order valence-electron chi connectivity index (χ4n) is 2.63. The number of amides is 1. The third kappa shape index (κ3) is 5.56. The molecule has 0 aliphatic heterocycles. The van der Waals surface area contributed by atoms with Crippen LogP contribution in [-0.2, 0) is 11.3 Å². The fourth-order valence-corrected chi connectivity index (χ4v) is 2.75. The molecule has 1 heterocycles. The number of aromatic nitrogens is 2. The Labute approximate surface area is 164 Å². The number of carbonyl (C=O) groups excluding carboxylic acids is 1. The van der Waals surface area contributed by atoms with Gasteiger partial charge in [0, 0.05) is 23.4 Å². The van der Waals surface area contributed by atoms with Crippen LogP contribution in [0.5, 0.6) is 0 Å². The number of hydrogen-bond donors (Lipinski definition) is 1. The molecule has 0 saturated heterocycles. The molecule has 0 atom stereocenters. The molecule has 1 aromatic heterocycles. The second-order valence-electron chi connectivity index (χ2n) is 6.67. The molecule has 3 rings (SSSR count). The van der Waals surface area contributed by atoms with Gasteiger partial charge in [0.2, 0.25) is 5.91 Å². The molecule has 4 nitrogen and oxygen atoms in total. The largest absolute Gasteiger partial charge is 0.306 e. The number of halogens is 1. The Balaban J connectivity index is 1.56. The Morgan fingerprint density at radius 1 is 1.11 bits per heavy atom. The highest BCUT2D eigenvalue weighted by Gasteiger charge is 2.03. The van der Waals surface area contributed by atoms with Crippen molar-refractivity contribution in [3.8, 4) is 0 Å². The first-order chi connectivity index (χ1) is 13.0. The van der Waals surface area contributed by atoms with Gasteiger partial charge in [-0.05, 0) is 40.8 Å². The van der Waals surface area contributed by atoms with Gasteiger partial charge in [-0.25, -0.2) is 0 Å². The van der Waals surface area contributed by atoms with Crippen LogP contribution >= 0.6 is 11.6 Å². The van der Waals surface area contributed by atoms with Gasteiger partial charge in [-0.2, -0.15) is 5.10 Å². The van der Waals surface area contributed by atoms with Crippen molar-refractivity contribution in [1.29, 1.82) is 0 Å². The van der Waals surface area contributed by atoms with Crippen LogP contribution in [0.25, 0.3) is 6.08 Å². The molecule has 138 valence electrons. The first-order valence-electron chi connectivity index (χ1n) is 8.86. The molecular formula is C22H22ClN3O. The van der Waals surface area contributed by atoms with Gasteiger partial charge in [0.25, 0.3) is 0 Å². The number of hydrogen-bond acceptors (Lipinski definition) is 2. The summed E-state index contributed by atoms with van der Waals surface area (Å²) in [5.74, 6) is 0.808. The molecule has 5 heteroatoms. The molecule has 0 aliphatic rings. The number of nitrogens with zero attached hydrogens (tertiary/aromatic N) is 2. The highest BCUT2D eigenvalue weighted by Crippen LogP contribution is 2.15. The minimum absolute atomic E-state index is 0.209. The maximum absolute atomic E-state index is 12.1. The van der Waals surface area contributed by atoms with Crippen LogP contribution in [0.2, 0.25) is 5.02 Å². The van der Waals surface area contributed by atoms with Gasteiger partial charge in [0.1, 0.15) is 0 Å². The topological polar surface area (TPSA) is 46.9 Å². The van der Waals surface area contributed by atoms with E-state index in [4.69, 9.17) is 11.6 Å². The summed E-state index contributed by atoms with van der Waals surface area (Å²) in [5, 5.41) is 7.86. The minimum Gasteiger partial charge on any atom is -0.306 e. The van der Waals surface area contributed by atoms with Crippen molar-refractivity contribution < 1.29 is 4.79 Å². The summed E-state index contributed by atoms with van der Waals surface area (Å²) in [6, 6.07) is 17.6. The average molecular weight is 380 g/mol. The van der Waals surface area contributed by atoms with Gasteiger partial charge < -0.3 is 5.32 Å². The Kier molecular flexibility index (Phi) is 6.09. The van der Waals surface area contributed by atoms with E-state index in [1.807, 2.05) is 42.6 Å².